The molecule has 10 heteroatoms. The number of hydrogen-bond acceptors (Lipinski definition) is 8. The van der Waals surface area contributed by atoms with E-state index in [9.17, 15) is 8.42 Å². The molecule has 1 aliphatic heterocycles. The van der Waals surface area contributed by atoms with Crippen molar-refractivity contribution in [3.05, 3.63) is 78.8 Å². The number of fused-ring (bicyclic) bond motifs is 2. The Morgan fingerprint density at radius 1 is 0.944 bits per heavy atom. The zero-order chi connectivity index (χ0) is 24.7. The molecule has 1 fully saturated rings. The van der Waals surface area contributed by atoms with Gasteiger partial charge < -0.3 is 15.0 Å². The molecule has 1 aliphatic rings. The maximum Gasteiger partial charge on any atom is 0.285 e. The van der Waals surface area contributed by atoms with Crippen molar-refractivity contribution in [1.29, 1.82) is 0 Å². The lowest BCUT2D eigenvalue weighted by molar-refractivity contribution is 0.122. The van der Waals surface area contributed by atoms with Crippen molar-refractivity contribution in [2.75, 3.05) is 36.5 Å². The first-order valence-corrected chi connectivity index (χ1v) is 13.1. The number of nitrogens with one attached hydrogen (secondary N) is 1. The third-order valence-electron chi connectivity index (χ3n) is 6.34. The van der Waals surface area contributed by atoms with Gasteiger partial charge in [0.15, 0.2) is 0 Å². The first-order valence-electron chi connectivity index (χ1n) is 11.6. The highest BCUT2D eigenvalue weighted by Gasteiger charge is 2.24. The lowest BCUT2D eigenvalue weighted by atomic mass is 10.1. The fourth-order valence-corrected chi connectivity index (χ4v) is 6.01. The maximum atomic E-state index is 13.6. The van der Waals surface area contributed by atoms with E-state index in [1.54, 1.807) is 36.7 Å². The molecular formula is C26H24N6O3S. The van der Waals surface area contributed by atoms with E-state index in [1.807, 2.05) is 18.2 Å². The molecule has 4 heterocycles. The highest BCUT2D eigenvalue weighted by Crippen LogP contribution is 2.29. The second kappa shape index (κ2) is 8.89. The fourth-order valence-electron chi connectivity index (χ4n) is 4.57. The Bertz CT molecular complexity index is 1690. The number of hydrogen-bond donors (Lipinski definition) is 1. The SMILES string of the molecule is Cc1cc(Nc2cc3c(cn2)cnn3S(=O)(=O)c2cccc3cccnc23)ccc1N1CCOCC1. The number of aryl methyl sites for hydroxylation is 1. The van der Waals surface area contributed by atoms with Gasteiger partial charge in [0.2, 0.25) is 0 Å². The van der Waals surface area contributed by atoms with Gasteiger partial charge >= 0.3 is 0 Å². The summed E-state index contributed by atoms with van der Waals surface area (Å²) in [5.74, 6) is 0.522. The van der Waals surface area contributed by atoms with Crippen molar-refractivity contribution in [2.45, 2.75) is 11.8 Å². The summed E-state index contributed by atoms with van der Waals surface area (Å²) in [6, 6.07) is 16.6. The summed E-state index contributed by atoms with van der Waals surface area (Å²) in [5, 5.41) is 8.86. The first kappa shape index (κ1) is 22.4. The summed E-state index contributed by atoms with van der Waals surface area (Å²) >= 11 is 0. The van der Waals surface area contributed by atoms with Crippen LogP contribution in [0.2, 0.25) is 0 Å². The summed E-state index contributed by atoms with van der Waals surface area (Å²) < 4.78 is 33.8. The van der Waals surface area contributed by atoms with Crippen LogP contribution in [0.1, 0.15) is 5.56 Å². The molecule has 1 saturated heterocycles. The molecule has 3 aromatic heterocycles. The van der Waals surface area contributed by atoms with E-state index in [-0.39, 0.29) is 4.90 Å². The third kappa shape index (κ3) is 3.94. The van der Waals surface area contributed by atoms with Crippen molar-refractivity contribution in [2.24, 2.45) is 0 Å². The minimum Gasteiger partial charge on any atom is -0.378 e. The molecule has 0 aliphatic carbocycles. The average molecular weight is 501 g/mol. The maximum absolute atomic E-state index is 13.6. The molecule has 0 radical (unpaired) electrons. The Morgan fingerprint density at radius 3 is 2.61 bits per heavy atom. The predicted octanol–water partition coefficient (Wildman–Crippen LogP) is 4.11. The number of pyridine rings is 2. The number of ether oxygens (including phenoxy) is 1. The van der Waals surface area contributed by atoms with Crippen LogP contribution in [-0.4, -0.2) is 53.9 Å². The molecule has 1 N–H and O–H groups in total. The summed E-state index contributed by atoms with van der Waals surface area (Å²) in [7, 11) is -3.99. The molecule has 2 aromatic carbocycles. The highest BCUT2D eigenvalue weighted by atomic mass is 32.2. The average Bonchev–Trinajstić information content (AvgIpc) is 3.33. The van der Waals surface area contributed by atoms with Gasteiger partial charge in [0, 0.05) is 53.7 Å². The smallest absolute Gasteiger partial charge is 0.285 e. The second-order valence-corrected chi connectivity index (χ2v) is 10.4. The number of morpholine rings is 1. The summed E-state index contributed by atoms with van der Waals surface area (Å²) in [4.78, 5) is 11.2. The van der Waals surface area contributed by atoms with Crippen LogP contribution in [0, 0.1) is 6.92 Å². The van der Waals surface area contributed by atoms with Crippen LogP contribution in [-0.2, 0) is 14.8 Å². The number of para-hydroxylation sites is 1. The van der Waals surface area contributed by atoms with Gasteiger partial charge in [-0.25, -0.2) is 4.98 Å². The van der Waals surface area contributed by atoms with Crippen LogP contribution in [0.15, 0.2) is 78.1 Å². The molecule has 9 nitrogen and oxygen atoms in total. The summed E-state index contributed by atoms with van der Waals surface area (Å²) in [5.41, 5.74) is 4.02. The van der Waals surface area contributed by atoms with Gasteiger partial charge in [0.25, 0.3) is 10.0 Å². The van der Waals surface area contributed by atoms with Crippen LogP contribution in [0.25, 0.3) is 21.8 Å². The van der Waals surface area contributed by atoms with Gasteiger partial charge in [0.05, 0.1) is 30.4 Å². The molecule has 0 atom stereocenters. The Balaban J connectivity index is 1.34. The minimum atomic E-state index is -3.99. The number of aromatic nitrogens is 4. The monoisotopic (exact) mass is 500 g/mol. The van der Waals surface area contributed by atoms with E-state index in [0.717, 1.165) is 47.0 Å². The lowest BCUT2D eigenvalue weighted by Crippen LogP contribution is -2.36. The molecule has 0 unspecified atom stereocenters. The molecule has 0 saturated carbocycles. The predicted molar refractivity (Wildman–Crippen MR) is 139 cm³/mol. The Labute approximate surface area is 208 Å². The van der Waals surface area contributed by atoms with Gasteiger partial charge in [-0.3, -0.25) is 4.98 Å². The largest absolute Gasteiger partial charge is 0.378 e. The standard InChI is InChI=1S/C26H24N6O3S/c1-18-14-21(7-8-22(18)31-10-12-35-13-11-31)30-25-15-23-20(16-28-25)17-29-32(23)36(33,34)24-6-2-4-19-5-3-9-27-26(19)24/h2-9,14-17H,10-13H2,1H3,(H,28,30). The fraction of sp³-hybridized carbons (Fsp3) is 0.192. The van der Waals surface area contributed by atoms with E-state index in [1.165, 1.54) is 11.9 Å². The summed E-state index contributed by atoms with van der Waals surface area (Å²) in [6.45, 7) is 5.28. The van der Waals surface area contributed by atoms with Crippen molar-refractivity contribution in [3.8, 4) is 0 Å². The second-order valence-electron chi connectivity index (χ2n) is 8.68. The Hall–Kier alpha value is -4.02. The van der Waals surface area contributed by atoms with Gasteiger partial charge in [-0.05, 0) is 42.8 Å². The van der Waals surface area contributed by atoms with Gasteiger partial charge in [-0.1, -0.05) is 18.2 Å². The van der Waals surface area contributed by atoms with Crippen LogP contribution < -0.4 is 10.2 Å². The molecule has 0 spiro atoms. The van der Waals surface area contributed by atoms with Gasteiger partial charge in [0.1, 0.15) is 10.7 Å². The van der Waals surface area contributed by atoms with E-state index < -0.39 is 10.0 Å². The van der Waals surface area contributed by atoms with E-state index in [4.69, 9.17) is 4.74 Å². The van der Waals surface area contributed by atoms with Crippen LogP contribution in [0.4, 0.5) is 17.2 Å². The minimum absolute atomic E-state index is 0.103. The number of benzene rings is 2. The van der Waals surface area contributed by atoms with Gasteiger partial charge in [-0.15, -0.1) is 0 Å². The van der Waals surface area contributed by atoms with E-state index >= 15 is 0 Å². The van der Waals surface area contributed by atoms with Crippen LogP contribution >= 0.6 is 0 Å². The first-order chi connectivity index (χ1) is 17.5. The zero-order valence-electron chi connectivity index (χ0n) is 19.6. The van der Waals surface area contributed by atoms with Crippen molar-refractivity contribution in [3.63, 3.8) is 0 Å². The molecular weight excluding hydrogens is 476 g/mol. The van der Waals surface area contributed by atoms with Crippen molar-refractivity contribution in [1.82, 2.24) is 19.2 Å². The lowest BCUT2D eigenvalue weighted by Gasteiger charge is -2.30. The molecule has 36 heavy (non-hydrogen) atoms. The number of rotatable bonds is 5. The zero-order valence-corrected chi connectivity index (χ0v) is 20.4. The quantitative estimate of drug-likeness (QED) is 0.385. The van der Waals surface area contributed by atoms with Gasteiger partial charge in [-0.2, -0.15) is 17.6 Å². The Kier molecular flexibility index (Phi) is 5.54. The topological polar surface area (TPSA) is 102 Å². The normalized spacial score (nSPS) is 14.4. The van der Waals surface area contributed by atoms with Crippen LogP contribution in [0.5, 0.6) is 0 Å². The third-order valence-corrected chi connectivity index (χ3v) is 7.97. The number of anilines is 3. The van der Waals surface area contributed by atoms with E-state index in [2.05, 4.69) is 44.3 Å². The molecule has 5 aromatic rings. The van der Waals surface area contributed by atoms with Crippen molar-refractivity contribution >= 4 is 49.0 Å². The molecule has 182 valence electrons. The van der Waals surface area contributed by atoms with Crippen LogP contribution in [0.3, 0.4) is 0 Å². The Morgan fingerprint density at radius 2 is 1.78 bits per heavy atom. The number of nitrogens with zero attached hydrogens (tertiary/aromatic N) is 5. The van der Waals surface area contributed by atoms with E-state index in [0.29, 0.717) is 22.2 Å². The molecule has 6 rings (SSSR count). The summed E-state index contributed by atoms with van der Waals surface area (Å²) in [6.07, 6.45) is 4.71. The highest BCUT2D eigenvalue weighted by molar-refractivity contribution is 7.90. The molecule has 0 bridgehead atoms. The molecule has 0 amide bonds. The van der Waals surface area contributed by atoms with Crippen molar-refractivity contribution < 1.29 is 13.2 Å².